The van der Waals surface area contributed by atoms with Gasteiger partial charge in [0.05, 0.1) is 11.0 Å². The van der Waals surface area contributed by atoms with Gasteiger partial charge in [0, 0.05) is 12.6 Å². The third kappa shape index (κ3) is 4.44. The second-order valence-electron chi connectivity index (χ2n) is 3.91. The molecule has 0 amide bonds. The number of hydrogen-bond acceptors (Lipinski definition) is 6. The summed E-state index contributed by atoms with van der Waals surface area (Å²) in [5.41, 5.74) is -0.604. The number of nitro groups is 1. The van der Waals surface area contributed by atoms with Crippen LogP contribution in [0, 0.1) is 15.9 Å². The molecular formula is C10H11FN2O7S. The molecule has 0 radical (unpaired) electrons. The maximum absolute atomic E-state index is 13.6. The SMILES string of the molecule is O=C(O)[C@@H](O)CCNS(=O)(=O)c1ccc([N+](=O)[O-])cc1F. The third-order valence-electron chi connectivity index (χ3n) is 2.41. The number of aliphatic carboxylic acids is 1. The molecule has 9 nitrogen and oxygen atoms in total. The van der Waals surface area contributed by atoms with Gasteiger partial charge in [-0.1, -0.05) is 0 Å². The van der Waals surface area contributed by atoms with E-state index in [1.807, 2.05) is 4.72 Å². The number of non-ortho nitro benzene ring substituents is 1. The number of nitrogens with zero attached hydrogens (tertiary/aromatic N) is 1. The molecule has 0 heterocycles. The first kappa shape index (κ1) is 16.9. The molecule has 0 saturated heterocycles. The number of aliphatic hydroxyl groups is 1. The number of nitrogens with one attached hydrogen (secondary N) is 1. The maximum atomic E-state index is 13.6. The van der Waals surface area contributed by atoms with Crippen molar-refractivity contribution in [2.45, 2.75) is 17.4 Å². The van der Waals surface area contributed by atoms with Crippen LogP contribution in [0.25, 0.3) is 0 Å². The number of aliphatic hydroxyl groups excluding tert-OH is 1. The van der Waals surface area contributed by atoms with Crippen LogP contribution < -0.4 is 4.72 Å². The monoisotopic (exact) mass is 322 g/mol. The number of benzene rings is 1. The lowest BCUT2D eigenvalue weighted by atomic mass is 10.3. The van der Waals surface area contributed by atoms with Gasteiger partial charge in [-0.15, -0.1) is 0 Å². The summed E-state index contributed by atoms with van der Waals surface area (Å²) >= 11 is 0. The molecule has 1 rings (SSSR count). The number of nitro benzene ring substituents is 1. The summed E-state index contributed by atoms with van der Waals surface area (Å²) in [6, 6.07) is 2.01. The largest absolute Gasteiger partial charge is 0.479 e. The highest BCUT2D eigenvalue weighted by Gasteiger charge is 2.22. The molecule has 1 atom stereocenters. The van der Waals surface area contributed by atoms with Crippen molar-refractivity contribution in [3.63, 3.8) is 0 Å². The van der Waals surface area contributed by atoms with Crippen molar-refractivity contribution >= 4 is 21.7 Å². The van der Waals surface area contributed by atoms with Gasteiger partial charge in [-0.05, 0) is 12.5 Å². The number of carboxylic acid groups (broad SMARTS) is 1. The van der Waals surface area contributed by atoms with E-state index in [1.54, 1.807) is 0 Å². The van der Waals surface area contributed by atoms with Crippen LogP contribution in [0.5, 0.6) is 0 Å². The molecule has 0 aromatic heterocycles. The highest BCUT2D eigenvalue weighted by atomic mass is 32.2. The van der Waals surface area contributed by atoms with Crippen LogP contribution in [0.2, 0.25) is 0 Å². The van der Waals surface area contributed by atoms with Gasteiger partial charge in [-0.25, -0.2) is 22.3 Å². The molecule has 3 N–H and O–H groups in total. The van der Waals surface area contributed by atoms with Crippen LogP contribution in [0.15, 0.2) is 23.1 Å². The molecule has 0 aliphatic rings. The highest BCUT2D eigenvalue weighted by Crippen LogP contribution is 2.20. The van der Waals surface area contributed by atoms with Crippen molar-refractivity contribution in [3.8, 4) is 0 Å². The van der Waals surface area contributed by atoms with Crippen LogP contribution in [0.3, 0.4) is 0 Å². The van der Waals surface area contributed by atoms with E-state index in [9.17, 15) is 27.7 Å². The standard InChI is InChI=1S/C10H11FN2O7S/c11-7-5-6(13(17)18)1-2-9(7)21(19,20)12-4-3-8(14)10(15)16/h1-2,5,8,12,14H,3-4H2,(H,15,16)/t8-/m0/s1. The summed E-state index contributed by atoms with van der Waals surface area (Å²) in [5.74, 6) is -2.83. The van der Waals surface area contributed by atoms with E-state index in [-0.39, 0.29) is 0 Å². The van der Waals surface area contributed by atoms with Crippen molar-refractivity contribution in [2.24, 2.45) is 0 Å². The first-order valence-corrected chi connectivity index (χ1v) is 6.98. The second-order valence-corrected chi connectivity index (χ2v) is 5.65. The van der Waals surface area contributed by atoms with Crippen LogP contribution in [0.4, 0.5) is 10.1 Å². The van der Waals surface area contributed by atoms with Crippen molar-refractivity contribution in [1.29, 1.82) is 0 Å². The fraction of sp³-hybridized carbons (Fsp3) is 0.300. The predicted octanol–water partition coefficient (Wildman–Crippen LogP) is -0.152. The fourth-order valence-electron chi connectivity index (χ4n) is 1.35. The number of carbonyl (C=O) groups is 1. The third-order valence-corrected chi connectivity index (χ3v) is 3.90. The summed E-state index contributed by atoms with van der Waals surface area (Å²) in [4.78, 5) is 19.1. The zero-order valence-electron chi connectivity index (χ0n) is 10.4. The molecule has 0 unspecified atom stereocenters. The summed E-state index contributed by atoms with van der Waals surface area (Å²) < 4.78 is 38.9. The van der Waals surface area contributed by atoms with E-state index in [2.05, 4.69) is 0 Å². The smallest absolute Gasteiger partial charge is 0.332 e. The molecule has 11 heteroatoms. The average molecular weight is 322 g/mol. The zero-order valence-corrected chi connectivity index (χ0v) is 11.2. The molecule has 0 aliphatic heterocycles. The first-order chi connectivity index (χ1) is 9.65. The van der Waals surface area contributed by atoms with E-state index in [0.717, 1.165) is 12.1 Å². The molecule has 21 heavy (non-hydrogen) atoms. The highest BCUT2D eigenvalue weighted by molar-refractivity contribution is 7.89. The quantitative estimate of drug-likeness (QED) is 0.467. The minimum Gasteiger partial charge on any atom is -0.479 e. The summed E-state index contributed by atoms with van der Waals surface area (Å²) in [5, 5.41) is 27.8. The number of rotatable bonds is 7. The molecule has 0 aliphatic carbocycles. The fourth-order valence-corrected chi connectivity index (χ4v) is 2.46. The Hall–Kier alpha value is -2.11. The van der Waals surface area contributed by atoms with Gasteiger partial charge in [-0.2, -0.15) is 0 Å². The Kier molecular flexibility index (Phi) is 5.29. The van der Waals surface area contributed by atoms with Crippen molar-refractivity contribution < 1.29 is 32.7 Å². The molecule has 116 valence electrons. The minimum atomic E-state index is -4.31. The lowest BCUT2D eigenvalue weighted by Gasteiger charge is -2.09. The summed E-state index contributed by atoms with van der Waals surface area (Å²) in [6.45, 7) is -0.438. The van der Waals surface area contributed by atoms with Gasteiger partial charge in [0.2, 0.25) is 10.0 Å². The first-order valence-electron chi connectivity index (χ1n) is 5.49. The lowest BCUT2D eigenvalue weighted by molar-refractivity contribution is -0.385. The van der Waals surface area contributed by atoms with Crippen LogP contribution in [-0.4, -0.2) is 42.2 Å². The summed E-state index contributed by atoms with van der Waals surface area (Å²) in [7, 11) is -4.31. The molecule has 0 fully saturated rings. The van der Waals surface area contributed by atoms with Crippen LogP contribution in [-0.2, 0) is 14.8 Å². The predicted molar refractivity (Wildman–Crippen MR) is 66.5 cm³/mol. The van der Waals surface area contributed by atoms with Crippen LogP contribution >= 0.6 is 0 Å². The lowest BCUT2D eigenvalue weighted by Crippen LogP contribution is -2.30. The Morgan fingerprint density at radius 3 is 2.57 bits per heavy atom. The molecule has 0 bridgehead atoms. The van der Waals surface area contributed by atoms with E-state index < -0.39 is 56.4 Å². The van der Waals surface area contributed by atoms with E-state index in [0.29, 0.717) is 6.07 Å². The zero-order chi connectivity index (χ0) is 16.2. The molecule has 1 aromatic carbocycles. The number of halogens is 1. The molecule has 0 saturated carbocycles. The van der Waals surface area contributed by atoms with Gasteiger partial charge in [0.1, 0.15) is 10.7 Å². The average Bonchev–Trinajstić information content (AvgIpc) is 2.37. The normalized spacial score (nSPS) is 12.9. The summed E-state index contributed by atoms with van der Waals surface area (Å²) in [6.07, 6.45) is -2.17. The Morgan fingerprint density at radius 1 is 1.48 bits per heavy atom. The van der Waals surface area contributed by atoms with Gasteiger partial charge < -0.3 is 10.2 Å². The maximum Gasteiger partial charge on any atom is 0.332 e. The second kappa shape index (κ2) is 6.56. The Labute approximate surface area is 118 Å². The van der Waals surface area contributed by atoms with Gasteiger partial charge in [0.25, 0.3) is 5.69 Å². The number of hydrogen-bond donors (Lipinski definition) is 3. The topological polar surface area (TPSA) is 147 Å². The van der Waals surface area contributed by atoms with E-state index in [1.165, 1.54) is 0 Å². The molecule has 0 spiro atoms. The van der Waals surface area contributed by atoms with E-state index in [4.69, 9.17) is 10.2 Å². The number of carboxylic acids is 1. The minimum absolute atomic E-state index is 0.414. The van der Waals surface area contributed by atoms with Crippen molar-refractivity contribution in [3.05, 3.63) is 34.1 Å². The Bertz CT molecular complexity index is 661. The number of sulfonamides is 1. The van der Waals surface area contributed by atoms with Gasteiger partial charge >= 0.3 is 5.97 Å². The van der Waals surface area contributed by atoms with Crippen molar-refractivity contribution in [2.75, 3.05) is 6.54 Å². The molecular weight excluding hydrogens is 311 g/mol. The Balaban J connectivity index is 2.84. The van der Waals surface area contributed by atoms with Crippen molar-refractivity contribution in [1.82, 2.24) is 4.72 Å². The van der Waals surface area contributed by atoms with Gasteiger partial charge in [-0.3, -0.25) is 10.1 Å². The van der Waals surface area contributed by atoms with E-state index >= 15 is 0 Å². The Morgan fingerprint density at radius 2 is 2.10 bits per heavy atom. The van der Waals surface area contributed by atoms with Gasteiger partial charge in [0.15, 0.2) is 6.10 Å². The van der Waals surface area contributed by atoms with Crippen LogP contribution in [0.1, 0.15) is 6.42 Å². The molecule has 1 aromatic rings.